The molecule has 0 aromatic heterocycles. The molecule has 4 rings (SSSR count). The average Bonchev–Trinajstić information content (AvgIpc) is 2.91. The van der Waals surface area contributed by atoms with Crippen molar-refractivity contribution in [2.24, 2.45) is 34.5 Å². The van der Waals surface area contributed by atoms with Crippen LogP contribution in [0.1, 0.15) is 58.8 Å². The average molecular weight is 380 g/mol. The molecule has 0 heterocycles. The summed E-state index contributed by atoms with van der Waals surface area (Å²) in [6.45, 7) is 3.21. The zero-order valence-electron chi connectivity index (χ0n) is 16.2. The molecule has 6 nitrogen and oxygen atoms in total. The number of Topliss-reactive ketones (excluding diaryl/α,β-unsaturated/α-hetero) is 2. The van der Waals surface area contributed by atoms with Gasteiger partial charge in [0.25, 0.3) is 0 Å². The van der Waals surface area contributed by atoms with Gasteiger partial charge in [0, 0.05) is 18.3 Å². The first kappa shape index (κ1) is 19.5. The van der Waals surface area contributed by atoms with Crippen molar-refractivity contribution in [3.8, 4) is 0 Å². The van der Waals surface area contributed by atoms with Crippen molar-refractivity contribution in [1.82, 2.24) is 0 Å². The molecule has 9 unspecified atom stereocenters. The molecule has 0 aromatic rings. The van der Waals surface area contributed by atoms with Gasteiger partial charge in [0.15, 0.2) is 5.78 Å². The van der Waals surface area contributed by atoms with Crippen LogP contribution >= 0.6 is 0 Å². The maximum atomic E-state index is 12.4. The van der Waals surface area contributed by atoms with Gasteiger partial charge in [-0.3, -0.25) is 9.59 Å². The van der Waals surface area contributed by atoms with Crippen LogP contribution in [0.3, 0.4) is 0 Å². The molecule has 6 heteroatoms. The lowest BCUT2D eigenvalue weighted by Crippen LogP contribution is -2.66. The van der Waals surface area contributed by atoms with E-state index in [1.807, 2.05) is 0 Å². The van der Waals surface area contributed by atoms with Crippen molar-refractivity contribution in [2.45, 2.75) is 76.6 Å². The molecule has 4 fully saturated rings. The monoisotopic (exact) mass is 380 g/mol. The molecular formula is C21H32O6. The highest BCUT2D eigenvalue weighted by Gasteiger charge is 2.71. The lowest BCUT2D eigenvalue weighted by atomic mass is 9.43. The van der Waals surface area contributed by atoms with Gasteiger partial charge in [-0.25, -0.2) is 0 Å². The molecule has 4 saturated carbocycles. The topological polar surface area (TPSA) is 115 Å². The molecule has 0 amide bonds. The predicted molar refractivity (Wildman–Crippen MR) is 96.6 cm³/mol. The van der Waals surface area contributed by atoms with Crippen molar-refractivity contribution in [1.29, 1.82) is 0 Å². The fourth-order valence-electron chi connectivity index (χ4n) is 7.61. The smallest absolute Gasteiger partial charge is 0.190 e. The van der Waals surface area contributed by atoms with E-state index in [2.05, 4.69) is 6.92 Å². The zero-order valence-corrected chi connectivity index (χ0v) is 16.2. The second-order valence-electron chi connectivity index (χ2n) is 10.1. The van der Waals surface area contributed by atoms with Crippen LogP contribution in [0.5, 0.6) is 0 Å². The minimum Gasteiger partial charge on any atom is -0.393 e. The minimum atomic E-state index is -1.75. The van der Waals surface area contributed by atoms with E-state index in [0.717, 1.165) is 6.42 Å². The Hall–Kier alpha value is -0.820. The molecule has 0 bridgehead atoms. The number of hydrogen-bond acceptors (Lipinski definition) is 6. The third-order valence-corrected chi connectivity index (χ3v) is 9.35. The number of aliphatic hydroxyl groups is 4. The van der Waals surface area contributed by atoms with Gasteiger partial charge >= 0.3 is 0 Å². The molecule has 27 heavy (non-hydrogen) atoms. The number of carbonyl (C=O) groups is 2. The van der Waals surface area contributed by atoms with Gasteiger partial charge in [-0.05, 0) is 61.2 Å². The van der Waals surface area contributed by atoms with E-state index in [4.69, 9.17) is 0 Å². The third-order valence-electron chi connectivity index (χ3n) is 9.35. The van der Waals surface area contributed by atoms with E-state index in [-0.39, 0.29) is 41.3 Å². The highest BCUT2D eigenvalue weighted by atomic mass is 16.3. The van der Waals surface area contributed by atoms with Crippen LogP contribution in [0.4, 0.5) is 0 Å². The first-order chi connectivity index (χ1) is 12.6. The van der Waals surface area contributed by atoms with Crippen LogP contribution in [-0.2, 0) is 9.59 Å². The molecule has 4 aliphatic carbocycles. The normalized spacial score (nSPS) is 54.8. The lowest BCUT2D eigenvalue weighted by molar-refractivity contribution is -0.224. The first-order valence-corrected chi connectivity index (χ1v) is 10.3. The number of carbonyl (C=O) groups excluding carboxylic acids is 2. The SMILES string of the molecule is CC12CCC(=O)CC1CC(O)C1C2CC(O)C2(C)C1CCC2(O)C(=O)CO. The van der Waals surface area contributed by atoms with E-state index >= 15 is 0 Å². The van der Waals surface area contributed by atoms with Gasteiger partial charge in [0.05, 0.1) is 12.2 Å². The van der Waals surface area contributed by atoms with Crippen molar-refractivity contribution in [2.75, 3.05) is 6.61 Å². The quantitative estimate of drug-likeness (QED) is 0.564. The maximum Gasteiger partial charge on any atom is 0.190 e. The Balaban J connectivity index is 1.74. The van der Waals surface area contributed by atoms with Crippen LogP contribution < -0.4 is 0 Å². The number of fused-ring (bicyclic) bond motifs is 5. The Bertz CT molecular complexity index is 663. The summed E-state index contributed by atoms with van der Waals surface area (Å²) in [7, 11) is 0. The standard InChI is InChI=1S/C21H32O6/c1-19-5-3-12(23)7-11(19)8-15(24)18-13-4-6-21(27,17(26)10-22)20(13,2)16(25)9-14(18)19/h11,13-16,18,22,24-25,27H,3-10H2,1-2H3. The lowest BCUT2D eigenvalue weighted by Gasteiger charge is -2.63. The Morgan fingerprint density at radius 2 is 1.85 bits per heavy atom. The molecule has 4 aliphatic rings. The summed E-state index contributed by atoms with van der Waals surface area (Å²) >= 11 is 0. The number of hydrogen-bond donors (Lipinski definition) is 4. The summed E-state index contributed by atoms with van der Waals surface area (Å²) in [6.07, 6.45) is 2.09. The molecule has 152 valence electrons. The second-order valence-corrected chi connectivity index (χ2v) is 10.1. The van der Waals surface area contributed by atoms with Crippen molar-refractivity contribution < 1.29 is 30.0 Å². The van der Waals surface area contributed by atoms with Crippen molar-refractivity contribution >= 4 is 11.6 Å². The van der Waals surface area contributed by atoms with E-state index in [1.54, 1.807) is 6.92 Å². The van der Waals surface area contributed by atoms with Crippen LogP contribution in [0.25, 0.3) is 0 Å². The molecule has 0 radical (unpaired) electrons. The number of rotatable bonds is 2. The van der Waals surface area contributed by atoms with Gasteiger partial charge in [0.2, 0.25) is 0 Å². The van der Waals surface area contributed by atoms with E-state index in [0.29, 0.717) is 32.1 Å². The van der Waals surface area contributed by atoms with Gasteiger partial charge < -0.3 is 20.4 Å². The molecule has 0 saturated heterocycles. The van der Waals surface area contributed by atoms with Gasteiger partial charge in [-0.2, -0.15) is 0 Å². The Morgan fingerprint density at radius 1 is 1.15 bits per heavy atom. The first-order valence-electron chi connectivity index (χ1n) is 10.3. The summed E-state index contributed by atoms with van der Waals surface area (Å²) < 4.78 is 0. The highest BCUT2D eigenvalue weighted by molar-refractivity contribution is 5.89. The zero-order chi connectivity index (χ0) is 19.8. The molecule has 0 aliphatic heterocycles. The second kappa shape index (κ2) is 6.09. The van der Waals surface area contributed by atoms with Crippen molar-refractivity contribution in [3.63, 3.8) is 0 Å². The van der Waals surface area contributed by atoms with Gasteiger partial charge in [0.1, 0.15) is 18.0 Å². The molecule has 0 aromatic carbocycles. The van der Waals surface area contributed by atoms with E-state index < -0.39 is 35.6 Å². The predicted octanol–water partition coefficient (Wildman–Crippen LogP) is 0.832. The summed E-state index contributed by atoms with van der Waals surface area (Å²) in [6, 6.07) is 0. The maximum absolute atomic E-state index is 12.4. The van der Waals surface area contributed by atoms with Crippen LogP contribution in [-0.4, -0.2) is 56.4 Å². The van der Waals surface area contributed by atoms with Crippen LogP contribution in [0.15, 0.2) is 0 Å². The molecule has 9 atom stereocenters. The van der Waals surface area contributed by atoms with E-state index in [1.165, 1.54) is 0 Å². The van der Waals surface area contributed by atoms with E-state index in [9.17, 15) is 30.0 Å². The summed E-state index contributed by atoms with van der Waals surface area (Å²) in [5.41, 5.74) is -2.93. The Kier molecular flexibility index (Phi) is 4.39. The van der Waals surface area contributed by atoms with Crippen LogP contribution in [0.2, 0.25) is 0 Å². The van der Waals surface area contributed by atoms with Crippen molar-refractivity contribution in [3.05, 3.63) is 0 Å². The summed E-state index contributed by atoms with van der Waals surface area (Å²) in [4.78, 5) is 24.4. The fourth-order valence-corrected chi connectivity index (χ4v) is 7.61. The number of aliphatic hydroxyl groups excluding tert-OH is 3. The largest absolute Gasteiger partial charge is 0.393 e. The summed E-state index contributed by atoms with van der Waals surface area (Å²) in [5.74, 6) is -0.466. The van der Waals surface area contributed by atoms with Crippen LogP contribution in [0, 0.1) is 34.5 Å². The van der Waals surface area contributed by atoms with Gasteiger partial charge in [-0.1, -0.05) is 13.8 Å². The molecule has 4 N–H and O–H groups in total. The summed E-state index contributed by atoms with van der Waals surface area (Å²) in [5, 5.41) is 42.8. The van der Waals surface area contributed by atoms with Gasteiger partial charge in [-0.15, -0.1) is 0 Å². The highest BCUT2D eigenvalue weighted by Crippen LogP contribution is 2.68. The Morgan fingerprint density at radius 3 is 2.52 bits per heavy atom. The fraction of sp³-hybridized carbons (Fsp3) is 0.905. The third kappa shape index (κ3) is 2.33. The minimum absolute atomic E-state index is 0.0685. The molecule has 0 spiro atoms. The molecular weight excluding hydrogens is 348 g/mol. The number of ketones is 2. The Labute approximate surface area is 160 Å².